The highest BCUT2D eigenvalue weighted by Crippen LogP contribution is 2.41. The molecule has 2 fully saturated rings. The molecule has 0 radical (unpaired) electrons. The Morgan fingerprint density at radius 3 is 2.74 bits per heavy atom. The van der Waals surface area contributed by atoms with Gasteiger partial charge in [0.1, 0.15) is 5.54 Å². The molecule has 0 aromatic heterocycles. The number of nitrogens with one attached hydrogen (secondary N) is 1. The molecule has 2 aliphatic rings. The molecule has 1 N–H and O–H groups in total. The fourth-order valence-electron chi connectivity index (χ4n) is 3.02. The summed E-state index contributed by atoms with van der Waals surface area (Å²) in [5, 5.41) is 12.3. The van der Waals surface area contributed by atoms with Crippen LogP contribution < -0.4 is 5.32 Å². The summed E-state index contributed by atoms with van der Waals surface area (Å²) >= 11 is 0. The van der Waals surface area contributed by atoms with Crippen LogP contribution in [0.15, 0.2) is 0 Å². The maximum atomic E-state index is 12.1. The Morgan fingerprint density at radius 1 is 1.42 bits per heavy atom. The summed E-state index contributed by atoms with van der Waals surface area (Å²) in [7, 11) is 1.33. The van der Waals surface area contributed by atoms with Crippen LogP contribution in [0.2, 0.25) is 0 Å². The van der Waals surface area contributed by atoms with Gasteiger partial charge in [0.25, 0.3) is 0 Å². The predicted octanol–water partition coefficient (Wildman–Crippen LogP) is 1.38. The topological polar surface area (TPSA) is 79.2 Å². The molecule has 0 unspecified atom stereocenters. The van der Waals surface area contributed by atoms with Crippen LogP contribution in [0.4, 0.5) is 0 Å². The van der Waals surface area contributed by atoms with Gasteiger partial charge in [-0.1, -0.05) is 13.3 Å². The summed E-state index contributed by atoms with van der Waals surface area (Å²) in [4.78, 5) is 23.4. The summed E-state index contributed by atoms with van der Waals surface area (Å²) in [6.45, 7) is 2.10. The Balaban J connectivity index is 1.95. The van der Waals surface area contributed by atoms with Gasteiger partial charge < -0.3 is 10.1 Å². The van der Waals surface area contributed by atoms with Crippen LogP contribution in [0.3, 0.4) is 0 Å². The third kappa shape index (κ3) is 2.89. The van der Waals surface area contributed by atoms with E-state index < -0.39 is 5.54 Å². The standard InChI is InChI=1S/C14H20N2O3/c1-9-4-3-5-14(7-9,8-15)16-12(17)10-6-11(10)13(18)19-2/h9-11H,3-7H2,1-2H3,(H,16,17)/t9-,10+,11-,14-/m0/s1. The van der Waals surface area contributed by atoms with E-state index in [4.69, 9.17) is 0 Å². The molecule has 19 heavy (non-hydrogen) atoms. The number of carbonyl (C=O) groups is 2. The van der Waals surface area contributed by atoms with Crippen molar-refractivity contribution in [2.75, 3.05) is 7.11 Å². The first-order valence-corrected chi connectivity index (χ1v) is 6.82. The van der Waals surface area contributed by atoms with Gasteiger partial charge in [0, 0.05) is 0 Å². The Labute approximate surface area is 113 Å². The van der Waals surface area contributed by atoms with Crippen LogP contribution in [0, 0.1) is 29.1 Å². The van der Waals surface area contributed by atoms with Gasteiger partial charge in [0.2, 0.25) is 5.91 Å². The maximum absolute atomic E-state index is 12.1. The number of hydrogen-bond acceptors (Lipinski definition) is 4. The number of nitriles is 1. The second kappa shape index (κ2) is 5.20. The molecule has 2 aliphatic carbocycles. The van der Waals surface area contributed by atoms with Gasteiger partial charge in [-0.2, -0.15) is 5.26 Å². The van der Waals surface area contributed by atoms with Crippen LogP contribution >= 0.6 is 0 Å². The lowest BCUT2D eigenvalue weighted by molar-refractivity contribution is -0.143. The lowest BCUT2D eigenvalue weighted by Crippen LogP contribution is -2.50. The van der Waals surface area contributed by atoms with Crippen molar-refractivity contribution in [3.63, 3.8) is 0 Å². The summed E-state index contributed by atoms with van der Waals surface area (Å²) in [5.74, 6) is -0.685. The molecule has 104 valence electrons. The van der Waals surface area contributed by atoms with Gasteiger partial charge in [-0.15, -0.1) is 0 Å². The first kappa shape index (κ1) is 13.9. The number of ether oxygens (including phenoxy) is 1. The quantitative estimate of drug-likeness (QED) is 0.781. The zero-order valence-corrected chi connectivity index (χ0v) is 11.4. The average molecular weight is 264 g/mol. The van der Waals surface area contributed by atoms with Crippen LogP contribution in [0.1, 0.15) is 39.0 Å². The lowest BCUT2D eigenvalue weighted by Gasteiger charge is -2.35. The average Bonchev–Trinajstić information content (AvgIpc) is 3.18. The number of methoxy groups -OCH3 is 1. The lowest BCUT2D eigenvalue weighted by atomic mass is 9.77. The number of carbonyl (C=O) groups excluding carboxylic acids is 2. The van der Waals surface area contributed by atoms with E-state index in [9.17, 15) is 14.9 Å². The molecule has 0 bridgehead atoms. The zero-order chi connectivity index (χ0) is 14.0. The van der Waals surface area contributed by atoms with Crippen molar-refractivity contribution in [2.45, 2.75) is 44.6 Å². The molecule has 0 aromatic rings. The summed E-state index contributed by atoms with van der Waals surface area (Å²) in [6.07, 6.45) is 4.00. The van der Waals surface area contributed by atoms with E-state index in [1.807, 2.05) is 0 Å². The number of esters is 1. The first-order valence-electron chi connectivity index (χ1n) is 6.82. The monoisotopic (exact) mass is 264 g/mol. The normalized spacial score (nSPS) is 37.0. The van der Waals surface area contributed by atoms with Gasteiger partial charge >= 0.3 is 5.97 Å². The maximum Gasteiger partial charge on any atom is 0.309 e. The van der Waals surface area contributed by atoms with Crippen LogP contribution in [0.25, 0.3) is 0 Å². The van der Waals surface area contributed by atoms with Crippen molar-refractivity contribution in [3.05, 3.63) is 0 Å². The third-order valence-electron chi connectivity index (χ3n) is 4.21. The number of hydrogen-bond donors (Lipinski definition) is 1. The number of amides is 1. The van der Waals surface area contributed by atoms with E-state index in [2.05, 4.69) is 23.0 Å². The van der Waals surface area contributed by atoms with Crippen molar-refractivity contribution in [2.24, 2.45) is 17.8 Å². The molecule has 5 nitrogen and oxygen atoms in total. The summed E-state index contributed by atoms with van der Waals surface area (Å²) in [5.41, 5.74) is -0.738. The van der Waals surface area contributed by atoms with Gasteiger partial charge in [0.05, 0.1) is 25.0 Å². The minimum Gasteiger partial charge on any atom is -0.469 e. The second-order valence-corrected chi connectivity index (χ2v) is 5.86. The van der Waals surface area contributed by atoms with Gasteiger partial charge in [-0.3, -0.25) is 9.59 Å². The van der Waals surface area contributed by atoms with Gasteiger partial charge in [-0.05, 0) is 31.6 Å². The number of nitrogens with zero attached hydrogens (tertiary/aromatic N) is 1. The van der Waals surface area contributed by atoms with E-state index in [-0.39, 0.29) is 23.7 Å². The van der Waals surface area contributed by atoms with E-state index in [1.54, 1.807) is 0 Å². The largest absolute Gasteiger partial charge is 0.469 e. The zero-order valence-electron chi connectivity index (χ0n) is 11.4. The van der Waals surface area contributed by atoms with E-state index in [0.717, 1.165) is 12.8 Å². The minimum absolute atomic E-state index is 0.175. The molecular weight excluding hydrogens is 244 g/mol. The Bertz CT molecular complexity index is 429. The summed E-state index contributed by atoms with van der Waals surface area (Å²) in [6, 6.07) is 2.27. The molecule has 2 rings (SSSR count). The third-order valence-corrected chi connectivity index (χ3v) is 4.21. The molecule has 2 saturated carbocycles. The molecule has 5 heteroatoms. The fourth-order valence-corrected chi connectivity index (χ4v) is 3.02. The second-order valence-electron chi connectivity index (χ2n) is 5.86. The Morgan fingerprint density at radius 2 is 2.16 bits per heavy atom. The Hall–Kier alpha value is -1.57. The molecular formula is C14H20N2O3. The Kier molecular flexibility index (Phi) is 3.79. The molecule has 1 amide bonds. The van der Waals surface area contributed by atoms with Crippen molar-refractivity contribution >= 4 is 11.9 Å². The summed E-state index contributed by atoms with van der Waals surface area (Å²) < 4.78 is 4.63. The van der Waals surface area contributed by atoms with Gasteiger partial charge in [0.15, 0.2) is 0 Å². The highest BCUT2D eigenvalue weighted by atomic mass is 16.5. The molecule has 4 atom stereocenters. The molecule has 0 saturated heterocycles. The van der Waals surface area contributed by atoms with Crippen molar-refractivity contribution < 1.29 is 14.3 Å². The van der Waals surface area contributed by atoms with Crippen molar-refractivity contribution in [1.82, 2.24) is 5.32 Å². The van der Waals surface area contributed by atoms with Gasteiger partial charge in [-0.25, -0.2) is 0 Å². The molecule has 0 aromatic carbocycles. The fraction of sp³-hybridized carbons (Fsp3) is 0.786. The molecule has 0 heterocycles. The number of rotatable bonds is 3. The SMILES string of the molecule is COC(=O)[C@H]1C[C@H]1C(=O)N[C@@]1(C#N)CCC[C@H](C)C1. The molecule has 0 spiro atoms. The first-order chi connectivity index (χ1) is 9.01. The van der Waals surface area contributed by atoms with Crippen LogP contribution in [-0.2, 0) is 14.3 Å². The van der Waals surface area contributed by atoms with Crippen molar-refractivity contribution in [3.8, 4) is 6.07 Å². The smallest absolute Gasteiger partial charge is 0.309 e. The highest BCUT2D eigenvalue weighted by molar-refractivity contribution is 5.90. The minimum atomic E-state index is -0.738. The highest BCUT2D eigenvalue weighted by Gasteiger charge is 2.51. The van der Waals surface area contributed by atoms with Crippen molar-refractivity contribution in [1.29, 1.82) is 5.26 Å². The van der Waals surface area contributed by atoms with Crippen LogP contribution in [0.5, 0.6) is 0 Å². The predicted molar refractivity (Wildman–Crippen MR) is 67.7 cm³/mol. The van der Waals surface area contributed by atoms with E-state index in [1.165, 1.54) is 7.11 Å². The van der Waals surface area contributed by atoms with Crippen LogP contribution in [-0.4, -0.2) is 24.5 Å². The molecule has 0 aliphatic heterocycles. The van der Waals surface area contributed by atoms with E-state index >= 15 is 0 Å². The van der Waals surface area contributed by atoms with E-state index in [0.29, 0.717) is 25.2 Å².